The lowest BCUT2D eigenvalue weighted by Crippen LogP contribution is -2.29. The Hall–Kier alpha value is -3.77. The maximum Gasteiger partial charge on any atom is 0.337 e. The average Bonchev–Trinajstić information content (AvgIpc) is 3.54. The molecule has 5 rings (SSSR count). The Kier molecular flexibility index (Phi) is 8.17. The van der Waals surface area contributed by atoms with Crippen molar-refractivity contribution in [2.45, 2.75) is 16.1 Å². The molecule has 3 heterocycles. The van der Waals surface area contributed by atoms with Gasteiger partial charge in [0, 0.05) is 33.8 Å². The van der Waals surface area contributed by atoms with Gasteiger partial charge in [0.2, 0.25) is 5.13 Å². The molecule has 9 nitrogen and oxygen atoms in total. The van der Waals surface area contributed by atoms with Crippen molar-refractivity contribution >= 4 is 74.9 Å². The van der Waals surface area contributed by atoms with Crippen LogP contribution >= 0.6 is 46.3 Å². The number of ketones is 1. The number of thioether (sulfide) groups is 1. The minimum Gasteiger partial charge on any atom is -0.507 e. The number of aliphatic hydroxyl groups is 1. The van der Waals surface area contributed by atoms with Gasteiger partial charge in [-0.25, -0.2) is 4.79 Å². The molecule has 2 aromatic heterocycles. The summed E-state index contributed by atoms with van der Waals surface area (Å²) in [4.78, 5) is 43.8. The van der Waals surface area contributed by atoms with Gasteiger partial charge in [-0.1, -0.05) is 64.5 Å². The third-order valence-electron chi connectivity index (χ3n) is 6.01. The molecule has 4 aromatic rings. The van der Waals surface area contributed by atoms with Gasteiger partial charge in [-0.2, -0.15) is 0 Å². The zero-order valence-corrected chi connectivity index (χ0v) is 23.7. The second-order valence-electron chi connectivity index (χ2n) is 8.39. The Morgan fingerprint density at radius 3 is 2.45 bits per heavy atom. The maximum absolute atomic E-state index is 13.4. The monoisotopic (exact) mass is 612 g/mol. The zero-order valence-electron chi connectivity index (χ0n) is 20.6. The summed E-state index contributed by atoms with van der Waals surface area (Å²) in [6.07, 6.45) is 2.93. The highest BCUT2D eigenvalue weighted by atomic mass is 35.5. The third kappa shape index (κ3) is 5.46. The lowest BCUT2D eigenvalue weighted by atomic mass is 9.95. The van der Waals surface area contributed by atoms with E-state index in [2.05, 4.69) is 15.2 Å². The van der Waals surface area contributed by atoms with Crippen LogP contribution < -0.4 is 4.90 Å². The molecule has 2 aromatic carbocycles. The van der Waals surface area contributed by atoms with E-state index >= 15 is 0 Å². The van der Waals surface area contributed by atoms with E-state index in [1.807, 2.05) is 6.07 Å². The Balaban J connectivity index is 1.53. The van der Waals surface area contributed by atoms with Gasteiger partial charge in [0.05, 0.1) is 24.3 Å². The van der Waals surface area contributed by atoms with Gasteiger partial charge in [0.1, 0.15) is 5.76 Å². The first-order chi connectivity index (χ1) is 19.3. The highest BCUT2D eigenvalue weighted by molar-refractivity contribution is 8.00. The Morgan fingerprint density at radius 1 is 1.05 bits per heavy atom. The lowest BCUT2D eigenvalue weighted by Gasteiger charge is -2.22. The molecule has 0 saturated carbocycles. The molecule has 202 valence electrons. The maximum atomic E-state index is 13.4. The second-order valence-corrected chi connectivity index (χ2v) is 11.4. The van der Waals surface area contributed by atoms with Crippen molar-refractivity contribution in [1.29, 1.82) is 0 Å². The van der Waals surface area contributed by atoms with E-state index < -0.39 is 23.7 Å². The van der Waals surface area contributed by atoms with Crippen molar-refractivity contribution in [3.8, 4) is 0 Å². The van der Waals surface area contributed by atoms with Gasteiger partial charge < -0.3 is 9.84 Å². The number of ether oxygens (including phenoxy) is 1. The number of amides is 1. The van der Waals surface area contributed by atoms with E-state index in [1.54, 1.807) is 24.3 Å². The van der Waals surface area contributed by atoms with Gasteiger partial charge in [0.15, 0.2) is 4.34 Å². The normalized spacial score (nSPS) is 16.4. The summed E-state index contributed by atoms with van der Waals surface area (Å²) in [5, 5.41) is 20.8. The van der Waals surface area contributed by atoms with Crippen molar-refractivity contribution in [2.75, 3.05) is 12.0 Å². The number of nitrogens with zero attached hydrogens (tertiary/aromatic N) is 4. The van der Waals surface area contributed by atoms with Crippen LogP contribution in [0, 0.1) is 0 Å². The smallest absolute Gasteiger partial charge is 0.337 e. The predicted octanol–water partition coefficient (Wildman–Crippen LogP) is 5.95. The fourth-order valence-corrected chi connectivity index (χ4v) is 6.49. The molecule has 0 aliphatic carbocycles. The molecule has 0 radical (unpaired) electrons. The molecule has 1 saturated heterocycles. The Bertz CT molecular complexity index is 1640. The number of Topliss-reactive ketones (excluding diaryl/α,β-unsaturated/α-hetero) is 1. The van der Waals surface area contributed by atoms with Crippen molar-refractivity contribution in [1.82, 2.24) is 15.2 Å². The van der Waals surface area contributed by atoms with Crippen LogP contribution in [0.1, 0.15) is 33.1 Å². The van der Waals surface area contributed by atoms with Crippen LogP contribution in [-0.4, -0.2) is 45.1 Å². The van der Waals surface area contributed by atoms with Crippen LogP contribution in [0.5, 0.6) is 0 Å². The number of methoxy groups -OCH3 is 1. The first kappa shape index (κ1) is 27.8. The van der Waals surface area contributed by atoms with Crippen LogP contribution in [0.15, 0.2) is 76.9 Å². The van der Waals surface area contributed by atoms with E-state index in [4.69, 9.17) is 27.9 Å². The van der Waals surface area contributed by atoms with Crippen LogP contribution in [0.25, 0.3) is 5.76 Å². The molecular weight excluding hydrogens is 595 g/mol. The number of aromatic nitrogens is 3. The number of esters is 1. The largest absolute Gasteiger partial charge is 0.507 e. The second kappa shape index (κ2) is 11.8. The van der Waals surface area contributed by atoms with Crippen LogP contribution in [0.4, 0.5) is 5.13 Å². The first-order valence-electron chi connectivity index (χ1n) is 11.6. The molecule has 1 amide bonds. The molecule has 40 heavy (non-hydrogen) atoms. The highest BCUT2D eigenvalue weighted by Crippen LogP contribution is 2.44. The molecule has 1 fully saturated rings. The van der Waals surface area contributed by atoms with E-state index in [0.29, 0.717) is 31.3 Å². The number of carbonyl (C=O) groups excluding carboxylic acids is 3. The number of halogens is 2. The molecule has 0 bridgehead atoms. The minimum absolute atomic E-state index is 0.126. The summed E-state index contributed by atoms with van der Waals surface area (Å²) >= 11 is 14.7. The predicted molar refractivity (Wildman–Crippen MR) is 153 cm³/mol. The third-order valence-corrected chi connectivity index (χ3v) is 8.71. The van der Waals surface area contributed by atoms with E-state index in [-0.39, 0.29) is 22.0 Å². The average molecular weight is 614 g/mol. The van der Waals surface area contributed by atoms with Gasteiger partial charge in [-0.3, -0.25) is 19.5 Å². The molecule has 1 aliphatic heterocycles. The van der Waals surface area contributed by atoms with Gasteiger partial charge in [-0.05, 0) is 47.5 Å². The SMILES string of the molecule is COC(=O)c1ccc(C2/C(=C(\O)c3ccncc3)C(=O)C(=O)N2c2nnc(SCc3ccc(Cl)cc3Cl)s2)cc1. The molecule has 13 heteroatoms. The van der Waals surface area contributed by atoms with Gasteiger partial charge >= 0.3 is 11.9 Å². The summed E-state index contributed by atoms with van der Waals surface area (Å²) in [6, 6.07) is 13.5. The molecule has 1 unspecified atom stereocenters. The quantitative estimate of drug-likeness (QED) is 0.0673. The molecule has 1 N–H and O–H groups in total. The summed E-state index contributed by atoms with van der Waals surface area (Å²) in [5.41, 5.74) is 1.79. The van der Waals surface area contributed by atoms with Crippen LogP contribution in [0.2, 0.25) is 10.0 Å². The summed E-state index contributed by atoms with van der Waals surface area (Å²) < 4.78 is 5.31. The fourth-order valence-electron chi connectivity index (χ4n) is 4.07. The van der Waals surface area contributed by atoms with Gasteiger partial charge in [0.25, 0.3) is 5.78 Å². The van der Waals surface area contributed by atoms with Crippen molar-refractivity contribution < 1.29 is 24.2 Å². The molecule has 1 aliphatic rings. The Labute approximate surface area is 246 Å². The number of rotatable bonds is 7. The van der Waals surface area contributed by atoms with Crippen molar-refractivity contribution in [3.63, 3.8) is 0 Å². The number of hydrogen-bond donors (Lipinski definition) is 1. The highest BCUT2D eigenvalue weighted by Gasteiger charge is 2.48. The van der Waals surface area contributed by atoms with Crippen LogP contribution in [-0.2, 0) is 20.1 Å². The number of anilines is 1. The topological polar surface area (TPSA) is 123 Å². The van der Waals surface area contributed by atoms with Gasteiger partial charge in [-0.15, -0.1) is 10.2 Å². The number of benzene rings is 2. The van der Waals surface area contributed by atoms with Crippen molar-refractivity contribution in [3.05, 3.63) is 105 Å². The van der Waals surface area contributed by atoms with Crippen LogP contribution in [0.3, 0.4) is 0 Å². The van der Waals surface area contributed by atoms with Crippen molar-refractivity contribution in [2.24, 2.45) is 0 Å². The standard InChI is InChI=1S/C27H18Cl2N4O5S2/c1-38-25(37)16-4-2-14(3-5-16)21-20(22(34)15-8-10-30-11-9-15)23(35)24(36)33(21)26-31-32-27(40-26)39-13-17-6-7-18(28)12-19(17)29/h2-12,21,34H,13H2,1H3/b22-20+. The number of aliphatic hydroxyl groups excluding tert-OH is 1. The number of carbonyl (C=O) groups is 3. The van der Waals surface area contributed by atoms with E-state index in [1.165, 1.54) is 60.4 Å². The fraction of sp³-hybridized carbons (Fsp3) is 0.111. The summed E-state index contributed by atoms with van der Waals surface area (Å²) in [6.45, 7) is 0. The number of hydrogen-bond acceptors (Lipinski definition) is 10. The first-order valence-corrected chi connectivity index (χ1v) is 14.1. The molecular formula is C27H18Cl2N4O5S2. The molecule has 1 atom stereocenters. The summed E-state index contributed by atoms with van der Waals surface area (Å²) in [5.74, 6) is -2.17. The number of pyridine rings is 1. The zero-order chi connectivity index (χ0) is 28.4. The Morgan fingerprint density at radius 2 is 1.77 bits per heavy atom. The summed E-state index contributed by atoms with van der Waals surface area (Å²) in [7, 11) is 1.27. The van der Waals surface area contributed by atoms with E-state index in [0.717, 1.165) is 16.9 Å². The lowest BCUT2D eigenvalue weighted by molar-refractivity contribution is -0.132. The van der Waals surface area contributed by atoms with E-state index in [9.17, 15) is 19.5 Å². The minimum atomic E-state index is -1.03. The molecule has 0 spiro atoms.